The van der Waals surface area contributed by atoms with Crippen molar-refractivity contribution in [2.75, 3.05) is 13.1 Å². The van der Waals surface area contributed by atoms with Gasteiger partial charge in [0.25, 0.3) is 11.8 Å². The lowest BCUT2D eigenvalue weighted by atomic mass is 9.93. The fourth-order valence-corrected chi connectivity index (χ4v) is 16.8. The molecule has 72 heavy (non-hydrogen) atoms. The van der Waals surface area contributed by atoms with Crippen molar-refractivity contribution >= 4 is 91.2 Å². The molecule has 2 unspecified atom stereocenters. The number of unbranched alkanes of at least 4 members (excludes halogenated alkanes) is 16. The molecular formula is C62H80N2O2S6. The first kappa shape index (κ1) is 54.9. The summed E-state index contributed by atoms with van der Waals surface area (Å²) in [7, 11) is 0. The molecule has 8 rings (SSSR count). The van der Waals surface area contributed by atoms with Gasteiger partial charge in [-0.2, -0.15) is 0 Å². The Hall–Kier alpha value is -3.38. The quantitative estimate of drug-likeness (QED) is 0.0378. The van der Waals surface area contributed by atoms with E-state index in [0.717, 1.165) is 46.8 Å². The van der Waals surface area contributed by atoms with Crippen LogP contribution in [0.4, 0.5) is 0 Å². The minimum absolute atomic E-state index is 0.0291. The first-order valence-electron chi connectivity index (χ1n) is 28.0. The highest BCUT2D eigenvalue weighted by Gasteiger charge is 2.50. The Bertz CT molecular complexity index is 2630. The Morgan fingerprint density at radius 1 is 0.347 bits per heavy atom. The largest absolute Gasteiger partial charge is 0.306 e. The first-order valence-corrected chi connectivity index (χ1v) is 33.1. The van der Waals surface area contributed by atoms with Gasteiger partial charge in [-0.15, -0.1) is 68.0 Å². The topological polar surface area (TPSA) is 40.6 Å². The molecule has 8 heterocycles. The van der Waals surface area contributed by atoms with Gasteiger partial charge < -0.3 is 9.80 Å². The van der Waals surface area contributed by atoms with Gasteiger partial charge in [0.05, 0.1) is 32.3 Å². The van der Waals surface area contributed by atoms with Gasteiger partial charge in [0.2, 0.25) is 0 Å². The third-order valence-electron chi connectivity index (χ3n) is 14.8. The van der Waals surface area contributed by atoms with Crippen molar-refractivity contribution in [3.05, 3.63) is 104 Å². The molecule has 0 bridgehead atoms. The number of fused-ring (bicyclic) bond motifs is 1. The van der Waals surface area contributed by atoms with Crippen molar-refractivity contribution in [1.82, 2.24) is 9.80 Å². The minimum Gasteiger partial charge on any atom is -0.306 e. The summed E-state index contributed by atoms with van der Waals surface area (Å²) in [6, 6.07) is 26.6. The SMILES string of the molecule is CCCCCCCCC(CCCCCC)CN1C(=O)C2=C(c3ccc(-c4ccc(-c5ccc(-c6cccs6)s5)s4)s3)N(CC(CCCCCC)CCCCCCCC)C(=O)C2=C1c1ccc(-c2cccs2)s1. The van der Waals surface area contributed by atoms with E-state index in [9.17, 15) is 0 Å². The lowest BCUT2D eigenvalue weighted by molar-refractivity contribution is -0.124. The third kappa shape index (κ3) is 14.1. The van der Waals surface area contributed by atoms with E-state index in [0.29, 0.717) is 36.1 Å². The maximum atomic E-state index is 15.9. The predicted octanol–water partition coefficient (Wildman–Crippen LogP) is 21.2. The molecule has 0 saturated carbocycles. The smallest absolute Gasteiger partial charge is 0.261 e. The molecule has 6 aromatic rings. The van der Waals surface area contributed by atoms with Gasteiger partial charge in [0.15, 0.2) is 0 Å². The summed E-state index contributed by atoms with van der Waals surface area (Å²) in [5, 5.41) is 4.29. The first-order chi connectivity index (χ1) is 35.4. The second-order valence-electron chi connectivity index (χ2n) is 20.4. The summed E-state index contributed by atoms with van der Waals surface area (Å²) >= 11 is 10.7. The van der Waals surface area contributed by atoms with E-state index in [1.54, 1.807) is 45.3 Å². The molecule has 386 valence electrons. The maximum Gasteiger partial charge on any atom is 0.261 e. The summed E-state index contributed by atoms with van der Waals surface area (Å²) in [6.45, 7) is 10.5. The molecule has 0 fully saturated rings. The van der Waals surface area contributed by atoms with Crippen LogP contribution >= 0.6 is 68.0 Å². The average Bonchev–Trinajstić information content (AvgIpc) is 4.24. The molecule has 0 aromatic carbocycles. The summed E-state index contributed by atoms with van der Waals surface area (Å²) in [5.41, 5.74) is 3.02. The van der Waals surface area contributed by atoms with Gasteiger partial charge in [-0.05, 0) is 109 Å². The zero-order valence-corrected chi connectivity index (χ0v) is 48.7. The van der Waals surface area contributed by atoms with Crippen molar-refractivity contribution in [3.8, 4) is 39.0 Å². The van der Waals surface area contributed by atoms with Crippen molar-refractivity contribution in [2.45, 2.75) is 182 Å². The van der Waals surface area contributed by atoms with Crippen LogP contribution in [-0.2, 0) is 9.59 Å². The van der Waals surface area contributed by atoms with Crippen LogP contribution in [0, 0.1) is 11.8 Å². The molecule has 0 radical (unpaired) electrons. The zero-order chi connectivity index (χ0) is 50.1. The van der Waals surface area contributed by atoms with Gasteiger partial charge in [0, 0.05) is 52.1 Å². The standard InChI is InChI=1S/C62H80N2O2S6/c1-5-9-13-17-19-23-29-45(27-21-15-11-7-3)43-63-59(55-39-37-50(71-55)48-32-26-42-68-48)57-58(62(63)66)60(64(61(57)65)44-46(28-22-16-12-8-4)30-24-20-18-14-10-6-2)56-40-38-54(72-56)53-36-35-52(70-53)51-34-33-49(69-51)47-31-25-41-67-47/h25-26,31-42,45-46H,5-24,27-30,43-44H2,1-4H3. The fourth-order valence-electron chi connectivity index (χ4n) is 10.8. The number of hydrogen-bond donors (Lipinski definition) is 0. The molecule has 0 spiro atoms. The molecule has 6 aromatic heterocycles. The lowest BCUT2D eigenvalue weighted by Crippen LogP contribution is -2.34. The van der Waals surface area contributed by atoms with Crippen molar-refractivity contribution < 1.29 is 9.59 Å². The summed E-state index contributed by atoms with van der Waals surface area (Å²) in [5.74, 6) is 0.819. The van der Waals surface area contributed by atoms with Crippen LogP contribution in [0.3, 0.4) is 0 Å². The van der Waals surface area contributed by atoms with Gasteiger partial charge in [0.1, 0.15) is 0 Å². The molecule has 2 aliphatic heterocycles. The van der Waals surface area contributed by atoms with Crippen molar-refractivity contribution in [3.63, 3.8) is 0 Å². The van der Waals surface area contributed by atoms with Gasteiger partial charge in [-0.1, -0.05) is 168 Å². The van der Waals surface area contributed by atoms with Crippen LogP contribution in [0.15, 0.2) is 94.7 Å². The summed E-state index contributed by atoms with van der Waals surface area (Å²) < 4.78 is 0. The highest BCUT2D eigenvalue weighted by molar-refractivity contribution is 7.28. The van der Waals surface area contributed by atoms with Crippen LogP contribution in [0.5, 0.6) is 0 Å². The summed E-state index contributed by atoms with van der Waals surface area (Å²) in [4.78, 5) is 48.0. The molecule has 2 amide bonds. The number of hydrogen-bond acceptors (Lipinski definition) is 8. The Kier molecular flexibility index (Phi) is 21.7. The monoisotopic (exact) mass is 1080 g/mol. The van der Waals surface area contributed by atoms with E-state index in [4.69, 9.17) is 0 Å². The Balaban J connectivity index is 1.18. The maximum absolute atomic E-state index is 15.9. The normalized spacial score (nSPS) is 14.8. The van der Waals surface area contributed by atoms with Gasteiger partial charge >= 0.3 is 0 Å². The molecular weight excluding hydrogens is 997 g/mol. The number of thiophene rings is 6. The molecule has 2 atom stereocenters. The van der Waals surface area contributed by atoms with E-state index < -0.39 is 0 Å². The molecule has 0 aliphatic carbocycles. The Morgan fingerprint density at radius 2 is 0.625 bits per heavy atom. The third-order valence-corrected chi connectivity index (χ3v) is 21.7. The molecule has 0 N–H and O–H groups in total. The zero-order valence-electron chi connectivity index (χ0n) is 43.8. The average molecular weight is 1080 g/mol. The number of nitrogens with zero attached hydrogens (tertiary/aromatic N) is 2. The van der Waals surface area contributed by atoms with E-state index in [-0.39, 0.29) is 11.8 Å². The molecule has 10 heteroatoms. The van der Waals surface area contributed by atoms with E-state index >= 15 is 9.59 Å². The second kappa shape index (κ2) is 28.5. The van der Waals surface area contributed by atoms with E-state index in [2.05, 4.69) is 121 Å². The predicted molar refractivity (Wildman–Crippen MR) is 320 cm³/mol. The number of carbonyl (C=O) groups is 2. The van der Waals surface area contributed by atoms with Crippen LogP contribution in [0.1, 0.15) is 192 Å². The van der Waals surface area contributed by atoms with Crippen LogP contribution < -0.4 is 0 Å². The van der Waals surface area contributed by atoms with Gasteiger partial charge in [-0.25, -0.2) is 0 Å². The summed E-state index contributed by atoms with van der Waals surface area (Å²) in [6.07, 6.45) is 29.4. The lowest BCUT2D eigenvalue weighted by Gasteiger charge is -2.29. The van der Waals surface area contributed by atoms with Crippen LogP contribution in [0.25, 0.3) is 50.4 Å². The highest BCUT2D eigenvalue weighted by Crippen LogP contribution is 2.52. The molecule has 2 aliphatic rings. The minimum atomic E-state index is 0.0291. The molecule has 0 saturated heterocycles. The van der Waals surface area contributed by atoms with Crippen molar-refractivity contribution in [1.29, 1.82) is 0 Å². The number of carbonyl (C=O) groups excluding carboxylic acids is 2. The second-order valence-corrected chi connectivity index (χ2v) is 26.7. The fraction of sp³-hybridized carbons (Fsp3) is 0.516. The van der Waals surface area contributed by atoms with E-state index in [1.165, 1.54) is 167 Å². The van der Waals surface area contributed by atoms with Crippen LogP contribution in [-0.4, -0.2) is 34.7 Å². The Labute approximate surface area is 457 Å². The molecule has 4 nitrogen and oxygen atoms in total. The van der Waals surface area contributed by atoms with Crippen LogP contribution in [0.2, 0.25) is 0 Å². The van der Waals surface area contributed by atoms with Gasteiger partial charge in [-0.3, -0.25) is 9.59 Å². The Morgan fingerprint density at radius 3 is 0.944 bits per heavy atom. The van der Waals surface area contributed by atoms with E-state index in [1.807, 2.05) is 22.7 Å². The number of rotatable bonds is 34. The number of amides is 2. The highest BCUT2D eigenvalue weighted by atomic mass is 32.1. The van der Waals surface area contributed by atoms with Crippen molar-refractivity contribution in [2.24, 2.45) is 11.8 Å².